The maximum absolute atomic E-state index is 10.8. The molecule has 0 unspecified atom stereocenters. The molecule has 1 aromatic rings. The Morgan fingerprint density at radius 2 is 2.13 bits per heavy atom. The topological polar surface area (TPSA) is 61.4 Å². The van der Waals surface area contributed by atoms with Crippen LogP contribution in [0.2, 0.25) is 0 Å². The fourth-order valence-corrected chi connectivity index (χ4v) is 1.18. The van der Waals surface area contributed by atoms with Gasteiger partial charge in [-0.1, -0.05) is 6.07 Å². The first-order valence-corrected chi connectivity index (χ1v) is 4.87. The van der Waals surface area contributed by atoms with Gasteiger partial charge in [0, 0.05) is 24.8 Å². The lowest BCUT2D eigenvalue weighted by molar-refractivity contribution is -0.114. The average molecular weight is 208 g/mol. The molecule has 15 heavy (non-hydrogen) atoms. The summed E-state index contributed by atoms with van der Waals surface area (Å²) >= 11 is 0. The highest BCUT2D eigenvalue weighted by Gasteiger charge is 1.98. The molecule has 0 radical (unpaired) electrons. The van der Waals surface area contributed by atoms with Crippen LogP contribution in [0.3, 0.4) is 0 Å². The number of anilines is 2. The van der Waals surface area contributed by atoms with E-state index in [0.717, 1.165) is 11.4 Å². The van der Waals surface area contributed by atoms with Crippen LogP contribution in [0.5, 0.6) is 0 Å². The van der Waals surface area contributed by atoms with Gasteiger partial charge in [-0.05, 0) is 25.1 Å². The van der Waals surface area contributed by atoms with E-state index in [1.807, 2.05) is 24.3 Å². The molecular formula is C11H16N2O2. The van der Waals surface area contributed by atoms with Gasteiger partial charge in [0.05, 0.1) is 6.10 Å². The number of amides is 1. The van der Waals surface area contributed by atoms with Crippen LogP contribution in [0.4, 0.5) is 11.4 Å². The number of nitrogens with one attached hydrogen (secondary N) is 2. The van der Waals surface area contributed by atoms with Gasteiger partial charge in [-0.3, -0.25) is 4.79 Å². The Hall–Kier alpha value is -1.55. The van der Waals surface area contributed by atoms with E-state index < -0.39 is 6.10 Å². The second-order valence-electron chi connectivity index (χ2n) is 3.49. The van der Waals surface area contributed by atoms with Gasteiger partial charge in [0.25, 0.3) is 0 Å². The minimum absolute atomic E-state index is 0.0947. The summed E-state index contributed by atoms with van der Waals surface area (Å²) < 4.78 is 0. The monoisotopic (exact) mass is 208 g/mol. The molecule has 0 heterocycles. The van der Waals surface area contributed by atoms with Crippen molar-refractivity contribution in [1.82, 2.24) is 0 Å². The van der Waals surface area contributed by atoms with Crippen LogP contribution in [-0.2, 0) is 4.79 Å². The van der Waals surface area contributed by atoms with E-state index in [2.05, 4.69) is 10.6 Å². The largest absolute Gasteiger partial charge is 0.392 e. The van der Waals surface area contributed by atoms with Gasteiger partial charge in [0.2, 0.25) is 5.91 Å². The summed E-state index contributed by atoms with van der Waals surface area (Å²) in [6.45, 7) is 3.67. The van der Waals surface area contributed by atoms with Crippen LogP contribution in [-0.4, -0.2) is 23.7 Å². The van der Waals surface area contributed by atoms with Crippen LogP contribution in [0.15, 0.2) is 24.3 Å². The second-order valence-corrected chi connectivity index (χ2v) is 3.49. The SMILES string of the molecule is CC(=O)Nc1cccc(NC[C@H](C)O)c1. The number of carbonyl (C=O) groups excluding carboxylic acids is 1. The van der Waals surface area contributed by atoms with Crippen molar-refractivity contribution < 1.29 is 9.90 Å². The Labute approximate surface area is 89.3 Å². The first-order chi connectivity index (χ1) is 7.08. The van der Waals surface area contributed by atoms with Gasteiger partial charge in [-0.2, -0.15) is 0 Å². The molecule has 0 fully saturated rings. The molecular weight excluding hydrogens is 192 g/mol. The summed E-state index contributed by atoms with van der Waals surface area (Å²) in [4.78, 5) is 10.8. The molecule has 4 heteroatoms. The molecule has 1 amide bonds. The predicted octanol–water partition coefficient (Wildman–Crippen LogP) is 1.44. The molecule has 0 aliphatic carbocycles. The van der Waals surface area contributed by atoms with Crippen LogP contribution < -0.4 is 10.6 Å². The molecule has 3 N–H and O–H groups in total. The van der Waals surface area contributed by atoms with Crippen molar-refractivity contribution in [3.05, 3.63) is 24.3 Å². The molecule has 1 rings (SSSR count). The van der Waals surface area contributed by atoms with Gasteiger partial charge in [0.15, 0.2) is 0 Å². The number of aliphatic hydroxyl groups is 1. The van der Waals surface area contributed by atoms with E-state index in [1.165, 1.54) is 6.92 Å². The van der Waals surface area contributed by atoms with Gasteiger partial charge < -0.3 is 15.7 Å². The Kier molecular flexibility index (Phi) is 4.12. The maximum atomic E-state index is 10.8. The van der Waals surface area contributed by atoms with Gasteiger partial charge in [-0.15, -0.1) is 0 Å². The summed E-state index contributed by atoms with van der Waals surface area (Å²) in [7, 11) is 0. The molecule has 0 aliphatic rings. The fraction of sp³-hybridized carbons (Fsp3) is 0.364. The van der Waals surface area contributed by atoms with Crippen LogP contribution in [0.1, 0.15) is 13.8 Å². The van der Waals surface area contributed by atoms with Crippen molar-refractivity contribution in [3.8, 4) is 0 Å². The van der Waals surface area contributed by atoms with E-state index in [9.17, 15) is 4.79 Å². The lowest BCUT2D eigenvalue weighted by Crippen LogP contribution is -2.15. The molecule has 82 valence electrons. The summed E-state index contributed by atoms with van der Waals surface area (Å²) in [5, 5.41) is 14.8. The highest BCUT2D eigenvalue weighted by atomic mass is 16.3. The lowest BCUT2D eigenvalue weighted by Gasteiger charge is -2.09. The molecule has 0 spiro atoms. The van der Waals surface area contributed by atoms with Crippen molar-refractivity contribution in [1.29, 1.82) is 0 Å². The summed E-state index contributed by atoms with van der Waals surface area (Å²) in [6.07, 6.45) is -0.394. The highest BCUT2D eigenvalue weighted by molar-refractivity contribution is 5.89. The zero-order valence-electron chi connectivity index (χ0n) is 8.95. The summed E-state index contributed by atoms with van der Waals surface area (Å²) in [5.41, 5.74) is 1.63. The van der Waals surface area contributed by atoms with Crippen molar-refractivity contribution in [2.45, 2.75) is 20.0 Å². The van der Waals surface area contributed by atoms with Crippen molar-refractivity contribution >= 4 is 17.3 Å². The first-order valence-electron chi connectivity index (χ1n) is 4.87. The number of hydrogen-bond acceptors (Lipinski definition) is 3. The smallest absolute Gasteiger partial charge is 0.221 e. The number of benzene rings is 1. The lowest BCUT2D eigenvalue weighted by atomic mass is 10.2. The van der Waals surface area contributed by atoms with E-state index in [1.54, 1.807) is 6.92 Å². The molecule has 0 saturated carbocycles. The maximum Gasteiger partial charge on any atom is 0.221 e. The van der Waals surface area contributed by atoms with E-state index >= 15 is 0 Å². The Balaban J connectivity index is 2.61. The molecule has 1 aromatic carbocycles. The van der Waals surface area contributed by atoms with Gasteiger partial charge in [0.1, 0.15) is 0 Å². The average Bonchev–Trinajstić information content (AvgIpc) is 2.14. The summed E-state index contributed by atoms with van der Waals surface area (Å²) in [6, 6.07) is 7.36. The normalized spacial score (nSPS) is 11.9. The zero-order chi connectivity index (χ0) is 11.3. The molecule has 0 aromatic heterocycles. The van der Waals surface area contributed by atoms with Crippen LogP contribution >= 0.6 is 0 Å². The summed E-state index contributed by atoms with van der Waals surface area (Å²) in [5.74, 6) is -0.0947. The zero-order valence-corrected chi connectivity index (χ0v) is 8.95. The van der Waals surface area contributed by atoms with Crippen molar-refractivity contribution in [3.63, 3.8) is 0 Å². The number of hydrogen-bond donors (Lipinski definition) is 3. The Bertz CT molecular complexity index is 337. The second kappa shape index (κ2) is 5.36. The van der Waals surface area contributed by atoms with Crippen LogP contribution in [0.25, 0.3) is 0 Å². The van der Waals surface area contributed by atoms with Crippen molar-refractivity contribution in [2.24, 2.45) is 0 Å². The minimum atomic E-state index is -0.394. The molecule has 4 nitrogen and oxygen atoms in total. The van der Waals surface area contributed by atoms with Gasteiger partial charge in [-0.25, -0.2) is 0 Å². The van der Waals surface area contributed by atoms with Crippen LogP contribution in [0, 0.1) is 0 Å². The van der Waals surface area contributed by atoms with E-state index in [-0.39, 0.29) is 5.91 Å². The minimum Gasteiger partial charge on any atom is -0.392 e. The van der Waals surface area contributed by atoms with E-state index in [4.69, 9.17) is 5.11 Å². The molecule has 0 aliphatic heterocycles. The third-order valence-corrected chi connectivity index (χ3v) is 1.78. The van der Waals surface area contributed by atoms with Crippen molar-refractivity contribution in [2.75, 3.05) is 17.2 Å². The van der Waals surface area contributed by atoms with Gasteiger partial charge >= 0.3 is 0 Å². The molecule has 0 bridgehead atoms. The predicted molar refractivity (Wildman–Crippen MR) is 60.9 cm³/mol. The highest BCUT2D eigenvalue weighted by Crippen LogP contribution is 2.14. The number of carbonyl (C=O) groups is 1. The first kappa shape index (κ1) is 11.5. The molecule has 1 atom stereocenters. The van der Waals surface area contributed by atoms with E-state index in [0.29, 0.717) is 6.54 Å². The molecule has 0 saturated heterocycles. The Morgan fingerprint density at radius 3 is 2.73 bits per heavy atom. The third kappa shape index (κ3) is 4.46. The number of aliphatic hydroxyl groups excluding tert-OH is 1. The quantitative estimate of drug-likeness (QED) is 0.701. The third-order valence-electron chi connectivity index (χ3n) is 1.78. The number of rotatable bonds is 4. The Morgan fingerprint density at radius 1 is 1.47 bits per heavy atom. The fourth-order valence-electron chi connectivity index (χ4n) is 1.18. The standard InChI is InChI=1S/C11H16N2O2/c1-8(14)7-12-10-4-3-5-11(6-10)13-9(2)15/h3-6,8,12,14H,7H2,1-2H3,(H,13,15)/t8-/m0/s1.